The van der Waals surface area contributed by atoms with Crippen LogP contribution in [0.25, 0.3) is 0 Å². The van der Waals surface area contributed by atoms with E-state index in [2.05, 4.69) is 11.8 Å². The van der Waals surface area contributed by atoms with Crippen LogP contribution < -0.4 is 0 Å². The molecule has 120 valence electrons. The van der Waals surface area contributed by atoms with Crippen molar-refractivity contribution in [1.82, 2.24) is 9.80 Å². The van der Waals surface area contributed by atoms with Crippen LogP contribution >= 0.6 is 0 Å². The summed E-state index contributed by atoms with van der Waals surface area (Å²) in [5.74, 6) is -0.0516. The lowest BCUT2D eigenvalue weighted by atomic mass is 10.0. The molecule has 1 aromatic rings. The number of nitro benzene ring substituents is 1. The molecule has 22 heavy (non-hydrogen) atoms. The number of hydrogen-bond donors (Lipinski definition) is 0. The number of likely N-dealkylation sites (N-methyl/N-ethyl adjacent to an activating group) is 1. The molecule has 0 atom stereocenters. The Balaban J connectivity index is 1.99. The van der Waals surface area contributed by atoms with E-state index in [1.165, 1.54) is 6.07 Å². The lowest BCUT2D eigenvalue weighted by Gasteiger charge is -2.36. The molecule has 0 spiro atoms. The Labute approximate surface area is 130 Å². The Hall–Kier alpha value is -1.95. The van der Waals surface area contributed by atoms with Crippen molar-refractivity contribution in [3.8, 4) is 0 Å². The van der Waals surface area contributed by atoms with Gasteiger partial charge in [0.1, 0.15) is 0 Å². The Morgan fingerprint density at radius 3 is 2.59 bits per heavy atom. The first-order valence-corrected chi connectivity index (χ1v) is 7.73. The van der Waals surface area contributed by atoms with Crippen molar-refractivity contribution < 1.29 is 9.72 Å². The fourth-order valence-corrected chi connectivity index (χ4v) is 2.95. The zero-order valence-corrected chi connectivity index (χ0v) is 13.2. The Morgan fingerprint density at radius 2 is 2.00 bits per heavy atom. The molecule has 0 radical (unpaired) electrons. The monoisotopic (exact) mass is 305 g/mol. The van der Waals surface area contributed by atoms with E-state index in [0.717, 1.165) is 32.5 Å². The highest BCUT2D eigenvalue weighted by molar-refractivity contribution is 5.80. The number of hydrogen-bond acceptors (Lipinski definition) is 4. The molecule has 1 fully saturated rings. The van der Waals surface area contributed by atoms with E-state index in [1.807, 2.05) is 7.05 Å². The third kappa shape index (κ3) is 3.82. The zero-order valence-electron chi connectivity index (χ0n) is 13.2. The largest absolute Gasteiger partial charge is 0.342 e. The predicted molar refractivity (Wildman–Crippen MR) is 84.7 cm³/mol. The van der Waals surface area contributed by atoms with Gasteiger partial charge in [-0.3, -0.25) is 14.9 Å². The molecule has 1 heterocycles. The van der Waals surface area contributed by atoms with Crippen LogP contribution in [0.4, 0.5) is 5.69 Å². The maximum absolute atomic E-state index is 12.4. The molecule has 0 bridgehead atoms. The summed E-state index contributed by atoms with van der Waals surface area (Å²) in [5, 5.41) is 11.0. The van der Waals surface area contributed by atoms with Gasteiger partial charge >= 0.3 is 0 Å². The van der Waals surface area contributed by atoms with Crippen molar-refractivity contribution in [2.24, 2.45) is 0 Å². The van der Waals surface area contributed by atoms with Crippen LogP contribution in [0.1, 0.15) is 25.3 Å². The maximum Gasteiger partial charge on any atom is 0.273 e. The summed E-state index contributed by atoms with van der Waals surface area (Å²) in [7, 11) is 1.81. The van der Waals surface area contributed by atoms with E-state index in [1.54, 1.807) is 23.1 Å². The molecule has 6 nitrogen and oxygen atoms in total. The van der Waals surface area contributed by atoms with Gasteiger partial charge in [0.25, 0.3) is 5.69 Å². The number of para-hydroxylation sites is 1. The van der Waals surface area contributed by atoms with E-state index in [9.17, 15) is 14.9 Å². The molecule has 1 aliphatic rings. The Morgan fingerprint density at radius 1 is 1.36 bits per heavy atom. The standard InChI is InChI=1S/C16H23N3O3/c1-3-18-10-8-14(9-11-18)17(2)16(20)12-13-6-4-5-7-15(13)19(21)22/h4-7,14H,3,8-12H2,1-2H3. The zero-order chi connectivity index (χ0) is 16.1. The molecule has 2 rings (SSSR count). The molecule has 1 aromatic carbocycles. The molecule has 1 aliphatic heterocycles. The van der Waals surface area contributed by atoms with Crippen LogP contribution in [0.15, 0.2) is 24.3 Å². The number of nitrogens with zero attached hydrogens (tertiary/aromatic N) is 3. The van der Waals surface area contributed by atoms with Crippen molar-refractivity contribution in [3.63, 3.8) is 0 Å². The average Bonchev–Trinajstić information content (AvgIpc) is 2.54. The molecule has 1 saturated heterocycles. The number of likely N-dealkylation sites (tertiary alicyclic amines) is 1. The van der Waals surface area contributed by atoms with Gasteiger partial charge in [-0.05, 0) is 19.4 Å². The van der Waals surface area contributed by atoms with Crippen molar-refractivity contribution in [1.29, 1.82) is 0 Å². The first-order valence-electron chi connectivity index (χ1n) is 7.73. The van der Waals surface area contributed by atoms with Crippen molar-refractivity contribution in [2.75, 3.05) is 26.7 Å². The second-order valence-corrected chi connectivity index (χ2v) is 5.73. The molecular weight excluding hydrogens is 282 g/mol. The fourth-order valence-electron chi connectivity index (χ4n) is 2.95. The minimum Gasteiger partial charge on any atom is -0.342 e. The van der Waals surface area contributed by atoms with Crippen LogP contribution in [0.5, 0.6) is 0 Å². The van der Waals surface area contributed by atoms with Gasteiger partial charge in [-0.1, -0.05) is 25.1 Å². The van der Waals surface area contributed by atoms with E-state index in [4.69, 9.17) is 0 Å². The topological polar surface area (TPSA) is 66.7 Å². The second-order valence-electron chi connectivity index (χ2n) is 5.73. The van der Waals surface area contributed by atoms with Crippen LogP contribution in [-0.4, -0.2) is 53.4 Å². The van der Waals surface area contributed by atoms with Crippen LogP contribution in [0.2, 0.25) is 0 Å². The minimum absolute atomic E-state index is 0.0186. The van der Waals surface area contributed by atoms with Gasteiger partial charge in [-0.2, -0.15) is 0 Å². The van der Waals surface area contributed by atoms with Crippen molar-refractivity contribution >= 4 is 11.6 Å². The van der Waals surface area contributed by atoms with E-state index < -0.39 is 4.92 Å². The van der Waals surface area contributed by atoms with E-state index in [0.29, 0.717) is 5.56 Å². The quantitative estimate of drug-likeness (QED) is 0.617. The normalized spacial score (nSPS) is 16.5. The molecule has 6 heteroatoms. The van der Waals surface area contributed by atoms with E-state index >= 15 is 0 Å². The lowest BCUT2D eigenvalue weighted by Crippen LogP contribution is -2.45. The fraction of sp³-hybridized carbons (Fsp3) is 0.562. The average molecular weight is 305 g/mol. The van der Waals surface area contributed by atoms with Crippen molar-refractivity contribution in [3.05, 3.63) is 39.9 Å². The van der Waals surface area contributed by atoms with Gasteiger partial charge < -0.3 is 9.80 Å². The summed E-state index contributed by atoms with van der Waals surface area (Å²) in [5.41, 5.74) is 0.500. The SMILES string of the molecule is CCN1CCC(N(C)C(=O)Cc2ccccc2[N+](=O)[O-])CC1. The van der Waals surface area contributed by atoms with Crippen molar-refractivity contribution in [2.45, 2.75) is 32.2 Å². The Bertz CT molecular complexity index is 539. The first-order chi connectivity index (χ1) is 10.5. The molecule has 0 N–H and O–H groups in total. The van der Waals surface area contributed by atoms with Gasteiger partial charge in [-0.25, -0.2) is 0 Å². The van der Waals surface area contributed by atoms with Crippen LogP contribution in [-0.2, 0) is 11.2 Å². The maximum atomic E-state index is 12.4. The number of nitro groups is 1. The summed E-state index contributed by atoms with van der Waals surface area (Å²) in [6.45, 7) is 5.19. The third-order valence-corrected chi connectivity index (χ3v) is 4.48. The number of carbonyl (C=O) groups is 1. The smallest absolute Gasteiger partial charge is 0.273 e. The Kier molecular flexibility index (Phi) is 5.49. The van der Waals surface area contributed by atoms with Gasteiger partial charge in [0.05, 0.1) is 11.3 Å². The predicted octanol–water partition coefficient (Wildman–Crippen LogP) is 2.08. The molecule has 0 aliphatic carbocycles. The molecule has 0 saturated carbocycles. The van der Waals surface area contributed by atoms with Gasteiger partial charge in [-0.15, -0.1) is 0 Å². The minimum atomic E-state index is -0.428. The molecule has 1 amide bonds. The molecule has 0 unspecified atom stereocenters. The third-order valence-electron chi connectivity index (χ3n) is 4.48. The highest BCUT2D eigenvalue weighted by Crippen LogP contribution is 2.21. The number of carbonyl (C=O) groups excluding carboxylic acids is 1. The van der Waals surface area contributed by atoms with Crippen LogP contribution in [0.3, 0.4) is 0 Å². The summed E-state index contributed by atoms with van der Waals surface area (Å²) >= 11 is 0. The second kappa shape index (κ2) is 7.35. The first kappa shape index (κ1) is 16.4. The molecular formula is C16H23N3O3. The van der Waals surface area contributed by atoms with Gasteiger partial charge in [0.15, 0.2) is 0 Å². The summed E-state index contributed by atoms with van der Waals surface area (Å²) in [6.07, 6.45) is 2.02. The number of rotatable bonds is 5. The highest BCUT2D eigenvalue weighted by Gasteiger charge is 2.26. The number of amides is 1. The highest BCUT2D eigenvalue weighted by atomic mass is 16.6. The summed E-state index contributed by atoms with van der Waals surface area (Å²) in [6, 6.07) is 6.69. The van der Waals surface area contributed by atoms with Gasteiger partial charge in [0.2, 0.25) is 5.91 Å². The number of benzene rings is 1. The summed E-state index contributed by atoms with van der Waals surface area (Å²) < 4.78 is 0. The molecule has 0 aromatic heterocycles. The summed E-state index contributed by atoms with van der Waals surface area (Å²) in [4.78, 5) is 27.2. The lowest BCUT2D eigenvalue weighted by molar-refractivity contribution is -0.385. The van der Waals surface area contributed by atoms with Gasteiger partial charge in [0, 0.05) is 37.8 Å². The number of piperidine rings is 1. The van der Waals surface area contributed by atoms with E-state index in [-0.39, 0.29) is 24.1 Å². The van der Waals surface area contributed by atoms with Crippen LogP contribution in [0, 0.1) is 10.1 Å².